The molecule has 0 radical (unpaired) electrons. The van der Waals surface area contributed by atoms with E-state index in [0.29, 0.717) is 17.5 Å². The lowest BCUT2D eigenvalue weighted by Crippen LogP contribution is -2.20. The minimum Gasteiger partial charge on any atom is -0.497 e. The van der Waals surface area contributed by atoms with Crippen LogP contribution >= 0.6 is 22.9 Å². The zero-order chi connectivity index (χ0) is 20.7. The maximum atomic E-state index is 6.12. The van der Waals surface area contributed by atoms with Crippen molar-refractivity contribution in [3.8, 4) is 10.8 Å². The molecule has 0 bridgehead atoms. The number of rotatable bonds is 4. The van der Waals surface area contributed by atoms with E-state index in [2.05, 4.69) is 26.2 Å². The highest BCUT2D eigenvalue weighted by Gasteiger charge is 2.27. The highest BCUT2D eigenvalue weighted by atomic mass is 35.5. The van der Waals surface area contributed by atoms with Gasteiger partial charge >= 0.3 is 0 Å². The first kappa shape index (κ1) is 18.8. The zero-order valence-corrected chi connectivity index (χ0v) is 18.0. The minimum atomic E-state index is 0.529. The number of thiophene rings is 1. The largest absolute Gasteiger partial charge is 0.497 e. The minimum absolute atomic E-state index is 0.529. The van der Waals surface area contributed by atoms with E-state index in [1.54, 1.807) is 18.4 Å². The van der Waals surface area contributed by atoms with Gasteiger partial charge in [0, 0.05) is 16.1 Å². The summed E-state index contributed by atoms with van der Waals surface area (Å²) >= 11 is 7.77. The predicted octanol–water partition coefficient (Wildman–Crippen LogP) is 5.07. The molecule has 0 amide bonds. The number of aryl methyl sites for hydroxylation is 1. The Labute approximate surface area is 183 Å². The monoisotopic (exact) mass is 435 g/mol. The molecule has 4 aromatic rings. The number of hydrazone groups is 1. The number of fused-ring (bicyclic) bond motifs is 3. The van der Waals surface area contributed by atoms with Crippen LogP contribution in [0.5, 0.6) is 5.75 Å². The lowest BCUT2D eigenvalue weighted by Gasteiger charge is -2.18. The topological polar surface area (TPSA) is 55.5 Å². The number of nitrogens with zero attached hydrogens (tertiary/aromatic N) is 5. The molecule has 8 heteroatoms. The Morgan fingerprint density at radius 1 is 1.07 bits per heavy atom. The van der Waals surface area contributed by atoms with E-state index in [1.165, 1.54) is 0 Å². The number of anilines is 1. The van der Waals surface area contributed by atoms with Gasteiger partial charge in [-0.15, -0.1) is 21.5 Å². The van der Waals surface area contributed by atoms with Crippen molar-refractivity contribution in [1.82, 2.24) is 14.8 Å². The zero-order valence-electron chi connectivity index (χ0n) is 16.4. The van der Waals surface area contributed by atoms with Crippen LogP contribution in [0.2, 0.25) is 5.02 Å². The summed E-state index contributed by atoms with van der Waals surface area (Å²) in [6.45, 7) is 2.48. The Balaban J connectivity index is 1.68. The molecule has 0 saturated heterocycles. The van der Waals surface area contributed by atoms with Crippen molar-refractivity contribution in [2.45, 2.75) is 13.5 Å². The van der Waals surface area contributed by atoms with Gasteiger partial charge in [0.1, 0.15) is 22.3 Å². The number of hydrogen-bond donors (Lipinski definition) is 0. The van der Waals surface area contributed by atoms with Crippen molar-refractivity contribution in [3.63, 3.8) is 0 Å². The molecule has 0 N–H and O–H groups in total. The smallest absolute Gasteiger partial charge is 0.253 e. The Morgan fingerprint density at radius 2 is 1.90 bits per heavy atom. The maximum Gasteiger partial charge on any atom is 0.253 e. The summed E-state index contributed by atoms with van der Waals surface area (Å²) in [6.07, 6.45) is 0. The van der Waals surface area contributed by atoms with Crippen LogP contribution in [0.3, 0.4) is 0 Å². The normalized spacial score (nSPS) is 12.8. The third kappa shape index (κ3) is 3.26. The molecule has 1 aliphatic rings. The van der Waals surface area contributed by atoms with Gasteiger partial charge in [0.25, 0.3) is 5.95 Å². The van der Waals surface area contributed by atoms with Gasteiger partial charge in [-0.1, -0.05) is 35.9 Å². The summed E-state index contributed by atoms with van der Waals surface area (Å²) in [6, 6.07) is 17.8. The molecule has 0 atom stereocenters. The van der Waals surface area contributed by atoms with E-state index in [4.69, 9.17) is 21.4 Å². The molecule has 0 spiro atoms. The van der Waals surface area contributed by atoms with Crippen LogP contribution in [0.4, 0.5) is 5.95 Å². The van der Waals surface area contributed by atoms with E-state index >= 15 is 0 Å². The van der Waals surface area contributed by atoms with Crippen molar-refractivity contribution >= 4 is 34.6 Å². The van der Waals surface area contributed by atoms with Crippen molar-refractivity contribution in [1.29, 1.82) is 0 Å². The quantitative estimate of drug-likeness (QED) is 0.449. The van der Waals surface area contributed by atoms with Crippen LogP contribution in [0.25, 0.3) is 5.00 Å². The third-order valence-corrected chi connectivity index (χ3v) is 6.10. The first-order chi connectivity index (χ1) is 14.6. The Morgan fingerprint density at radius 3 is 2.70 bits per heavy atom. The van der Waals surface area contributed by atoms with Gasteiger partial charge in [-0.05, 0) is 48.2 Å². The summed E-state index contributed by atoms with van der Waals surface area (Å²) < 4.78 is 7.45. The number of methoxy groups -OCH3 is 1. The maximum absolute atomic E-state index is 6.12. The number of ether oxygens (including phenoxy) is 1. The molecule has 0 fully saturated rings. The Bertz CT molecular complexity index is 1240. The average Bonchev–Trinajstić information content (AvgIpc) is 3.35. The van der Waals surface area contributed by atoms with Crippen LogP contribution in [0, 0.1) is 6.92 Å². The van der Waals surface area contributed by atoms with Gasteiger partial charge < -0.3 is 4.74 Å². The van der Waals surface area contributed by atoms with E-state index in [-0.39, 0.29) is 0 Å². The van der Waals surface area contributed by atoms with Gasteiger partial charge in [0.15, 0.2) is 0 Å². The predicted molar refractivity (Wildman–Crippen MR) is 120 cm³/mol. The average molecular weight is 436 g/mol. The third-order valence-electron chi connectivity index (χ3n) is 4.95. The molecule has 0 saturated carbocycles. The fraction of sp³-hybridized carbons (Fsp3) is 0.136. The molecule has 30 heavy (non-hydrogen) atoms. The first-order valence-electron chi connectivity index (χ1n) is 9.39. The standard InChI is InChI=1S/C22H18ClN5OS/c1-14-24-25-22-27(13-15-4-3-5-18(12-15)29-2)26-20(16-6-8-17(23)9-7-16)19-10-11-30-21(19)28(14)22/h3-12H,13H2,1-2H3. The van der Waals surface area contributed by atoms with Gasteiger partial charge in [-0.2, -0.15) is 5.10 Å². The SMILES string of the molecule is COc1cccc(CN2N=C(c3ccc(Cl)cc3)c3ccsc3-n3c(C)nnc32)c1. The van der Waals surface area contributed by atoms with Crippen LogP contribution in [-0.4, -0.2) is 27.6 Å². The summed E-state index contributed by atoms with van der Waals surface area (Å²) in [5.41, 5.74) is 3.97. The molecule has 5 rings (SSSR count). The van der Waals surface area contributed by atoms with Gasteiger partial charge in [-0.3, -0.25) is 4.57 Å². The summed E-state index contributed by atoms with van der Waals surface area (Å²) in [5, 5.41) is 19.5. The fourth-order valence-electron chi connectivity index (χ4n) is 3.50. The molecule has 2 aromatic carbocycles. The lowest BCUT2D eigenvalue weighted by atomic mass is 10.0. The van der Waals surface area contributed by atoms with Crippen molar-refractivity contribution in [3.05, 3.63) is 87.5 Å². The van der Waals surface area contributed by atoms with E-state index in [1.807, 2.05) is 60.5 Å². The fourth-order valence-corrected chi connectivity index (χ4v) is 4.57. The molecule has 0 unspecified atom stereocenters. The molecule has 150 valence electrons. The van der Waals surface area contributed by atoms with Gasteiger partial charge in [-0.25, -0.2) is 5.01 Å². The lowest BCUT2D eigenvalue weighted by molar-refractivity contribution is 0.414. The number of aromatic nitrogens is 3. The molecule has 0 aliphatic carbocycles. The first-order valence-corrected chi connectivity index (χ1v) is 10.6. The van der Waals surface area contributed by atoms with Crippen molar-refractivity contribution in [2.24, 2.45) is 5.10 Å². The van der Waals surface area contributed by atoms with Crippen LogP contribution < -0.4 is 9.75 Å². The highest BCUT2D eigenvalue weighted by Crippen LogP contribution is 2.34. The van der Waals surface area contributed by atoms with Crippen LogP contribution in [0.1, 0.15) is 22.5 Å². The molecular formula is C22H18ClN5OS. The molecular weight excluding hydrogens is 418 g/mol. The number of halogens is 1. The second kappa shape index (κ2) is 7.59. The van der Waals surface area contributed by atoms with Gasteiger partial charge in [0.2, 0.25) is 0 Å². The molecule has 1 aliphatic heterocycles. The highest BCUT2D eigenvalue weighted by molar-refractivity contribution is 7.13. The van der Waals surface area contributed by atoms with E-state index in [0.717, 1.165) is 39.0 Å². The molecule has 6 nitrogen and oxygen atoms in total. The number of benzene rings is 2. The van der Waals surface area contributed by atoms with Crippen LogP contribution in [-0.2, 0) is 6.54 Å². The van der Waals surface area contributed by atoms with Gasteiger partial charge in [0.05, 0.1) is 13.7 Å². The Hall–Kier alpha value is -3.16. The summed E-state index contributed by atoms with van der Waals surface area (Å²) in [7, 11) is 1.67. The summed E-state index contributed by atoms with van der Waals surface area (Å²) in [5.74, 6) is 2.31. The second-order valence-corrected chi connectivity index (χ2v) is 8.22. The van der Waals surface area contributed by atoms with E-state index < -0.39 is 0 Å². The number of hydrogen-bond acceptors (Lipinski definition) is 6. The van der Waals surface area contributed by atoms with Crippen molar-refractivity contribution in [2.75, 3.05) is 12.1 Å². The Kier molecular flexibility index (Phi) is 4.77. The molecule has 2 aromatic heterocycles. The van der Waals surface area contributed by atoms with Crippen molar-refractivity contribution < 1.29 is 4.74 Å². The summed E-state index contributed by atoms with van der Waals surface area (Å²) in [4.78, 5) is 0. The van der Waals surface area contributed by atoms with E-state index in [9.17, 15) is 0 Å². The van der Waals surface area contributed by atoms with Crippen LogP contribution in [0.15, 0.2) is 65.1 Å². The molecule has 3 heterocycles. The second-order valence-electron chi connectivity index (χ2n) is 6.89.